The largest absolute Gasteiger partial charge is 0.433 e. The number of alkyl halides is 4. The van der Waals surface area contributed by atoms with Crippen molar-refractivity contribution in [2.45, 2.75) is 54.1 Å². The van der Waals surface area contributed by atoms with Gasteiger partial charge in [-0.25, -0.2) is 13.8 Å². The summed E-state index contributed by atoms with van der Waals surface area (Å²) < 4.78 is 82.9. The van der Waals surface area contributed by atoms with Crippen molar-refractivity contribution < 1.29 is 31.2 Å². The molecule has 2 aromatic rings. The molecule has 1 saturated heterocycles. The molecule has 1 fully saturated rings. The Balaban J connectivity index is 0.00000221. The Morgan fingerprint density at radius 1 is 1.19 bits per heavy atom. The topological polar surface area (TPSA) is 54.1 Å². The fraction of sp³-hybridized carbons (Fsp3) is 0.433. The van der Waals surface area contributed by atoms with Crippen LogP contribution >= 0.6 is 23.8 Å². The van der Waals surface area contributed by atoms with E-state index >= 15 is 0 Å². The van der Waals surface area contributed by atoms with Crippen LogP contribution < -0.4 is 0 Å². The number of halogens is 6. The van der Waals surface area contributed by atoms with Gasteiger partial charge in [-0.2, -0.15) is 18.3 Å². The van der Waals surface area contributed by atoms with E-state index < -0.39 is 30.1 Å². The molecular formula is C30H38ClF5N4O2S. The van der Waals surface area contributed by atoms with E-state index in [0.29, 0.717) is 43.8 Å². The van der Waals surface area contributed by atoms with Crippen molar-refractivity contribution in [3.8, 4) is 11.3 Å². The molecule has 0 spiro atoms. The third kappa shape index (κ3) is 10.3. The van der Waals surface area contributed by atoms with Gasteiger partial charge < -0.3 is 14.2 Å². The van der Waals surface area contributed by atoms with Crippen LogP contribution in [-0.4, -0.2) is 65.4 Å². The van der Waals surface area contributed by atoms with E-state index in [0.717, 1.165) is 12.3 Å². The van der Waals surface area contributed by atoms with Gasteiger partial charge in [-0.1, -0.05) is 81.8 Å². The first-order valence-corrected chi connectivity index (χ1v) is 14.7. The maximum Gasteiger partial charge on any atom is 0.433 e. The van der Waals surface area contributed by atoms with E-state index in [1.54, 1.807) is 11.0 Å². The molecule has 0 aliphatic carbocycles. The summed E-state index contributed by atoms with van der Waals surface area (Å²) in [6, 6.07) is 3.92. The van der Waals surface area contributed by atoms with E-state index in [2.05, 4.69) is 10.3 Å². The number of morpholine rings is 1. The van der Waals surface area contributed by atoms with Crippen molar-refractivity contribution >= 4 is 41.1 Å². The Morgan fingerprint density at radius 2 is 1.84 bits per heavy atom. The van der Waals surface area contributed by atoms with E-state index in [9.17, 15) is 22.0 Å². The molecular weight excluding hydrogens is 611 g/mol. The van der Waals surface area contributed by atoms with Crippen molar-refractivity contribution in [3.63, 3.8) is 0 Å². The van der Waals surface area contributed by atoms with Crippen LogP contribution in [0.3, 0.4) is 0 Å². The Morgan fingerprint density at radius 3 is 2.37 bits per heavy atom. The quantitative estimate of drug-likeness (QED) is 0.0888. The van der Waals surface area contributed by atoms with Gasteiger partial charge in [0.15, 0.2) is 5.76 Å². The second-order valence-corrected chi connectivity index (χ2v) is 8.91. The molecule has 0 N–H and O–H groups in total. The molecule has 238 valence electrons. The van der Waals surface area contributed by atoms with Crippen LogP contribution in [0.2, 0.25) is 5.02 Å². The maximum absolute atomic E-state index is 14.9. The molecule has 1 aliphatic heterocycles. The number of rotatable bonds is 9. The number of aromatic nitrogens is 1. The zero-order chi connectivity index (χ0) is 32.6. The molecule has 0 amide bonds. The number of hydrogen-bond donors (Lipinski definition) is 0. The predicted octanol–water partition coefficient (Wildman–Crippen LogP) is 9.22. The predicted molar refractivity (Wildman–Crippen MR) is 167 cm³/mol. The minimum Gasteiger partial charge on any atom is -0.378 e. The van der Waals surface area contributed by atoms with Crippen LogP contribution in [0, 0.1) is 5.82 Å². The van der Waals surface area contributed by atoms with E-state index in [1.165, 1.54) is 31.2 Å². The van der Waals surface area contributed by atoms with Crippen LogP contribution in [0.4, 0.5) is 22.0 Å². The van der Waals surface area contributed by atoms with Gasteiger partial charge in [0.2, 0.25) is 0 Å². The number of benzene rings is 1. The summed E-state index contributed by atoms with van der Waals surface area (Å²) in [6.07, 6.45) is 1.57. The number of thiocarbonyl (C=S) groups is 1. The van der Waals surface area contributed by atoms with E-state index in [4.69, 9.17) is 33.1 Å². The summed E-state index contributed by atoms with van der Waals surface area (Å²) in [6.45, 7) is 11.3. The third-order valence-corrected chi connectivity index (χ3v) is 6.29. The molecule has 0 atom stereocenters. The molecule has 0 unspecified atom stereocenters. The summed E-state index contributed by atoms with van der Waals surface area (Å²) in [5.74, 6) is -1.19. The minimum atomic E-state index is -5.02. The lowest BCUT2D eigenvalue weighted by molar-refractivity contribution is -0.107. The normalized spacial score (nSPS) is 14.4. The molecule has 0 saturated carbocycles. The lowest BCUT2D eigenvalue weighted by Gasteiger charge is -2.29. The summed E-state index contributed by atoms with van der Waals surface area (Å²) in [7, 11) is 0. The number of hydrogen-bond acceptors (Lipinski definition) is 6. The summed E-state index contributed by atoms with van der Waals surface area (Å²) in [4.78, 5) is 1.76. The Hall–Kier alpha value is -3.09. The summed E-state index contributed by atoms with van der Waals surface area (Å²) in [5, 5.41) is 8.04. The average Bonchev–Trinajstić information content (AvgIpc) is 3.42. The van der Waals surface area contributed by atoms with Crippen LogP contribution in [-0.2, 0) is 4.74 Å². The number of hydrazone groups is 1. The molecule has 3 rings (SSSR count). The molecule has 13 heteroatoms. The zero-order valence-corrected chi connectivity index (χ0v) is 26.7. The first-order chi connectivity index (χ1) is 20.6. The highest BCUT2D eigenvalue weighted by atomic mass is 35.5. The zero-order valence-electron chi connectivity index (χ0n) is 25.1. The van der Waals surface area contributed by atoms with Crippen molar-refractivity contribution in [2.24, 2.45) is 5.10 Å². The van der Waals surface area contributed by atoms with Crippen LogP contribution in [0.5, 0.6) is 0 Å². The maximum atomic E-state index is 14.9. The lowest BCUT2D eigenvalue weighted by atomic mass is 10.0. The van der Waals surface area contributed by atoms with Crippen molar-refractivity contribution in [2.75, 3.05) is 33.0 Å². The Bertz CT molecular complexity index is 1270. The van der Waals surface area contributed by atoms with Crippen LogP contribution in [0.1, 0.15) is 59.3 Å². The summed E-state index contributed by atoms with van der Waals surface area (Å²) >= 11 is 11.9. The third-order valence-electron chi connectivity index (χ3n) is 5.52. The van der Waals surface area contributed by atoms with Crippen molar-refractivity contribution in [1.82, 2.24) is 15.1 Å². The first kappa shape index (κ1) is 37.9. The van der Waals surface area contributed by atoms with Gasteiger partial charge in [0, 0.05) is 25.4 Å². The fourth-order valence-electron chi connectivity index (χ4n) is 3.71. The second-order valence-electron chi connectivity index (χ2n) is 8.11. The highest BCUT2D eigenvalue weighted by Crippen LogP contribution is 2.38. The smallest absolute Gasteiger partial charge is 0.378 e. The second kappa shape index (κ2) is 19.2. The highest BCUT2D eigenvalue weighted by molar-refractivity contribution is 7.80. The molecule has 43 heavy (non-hydrogen) atoms. The molecule has 1 aromatic heterocycles. The number of nitrogens with zero attached hydrogens (tertiary/aromatic N) is 4. The SMILES string of the molecule is C/C=N\N(/C(=C/C=C\CC)CF)/C(=C/c1onc(-c2c(F)cccc2Cl)c1C(=S)N1CCOCC1)C(F)(F)F.CC.CC. The van der Waals surface area contributed by atoms with Gasteiger partial charge >= 0.3 is 6.18 Å². The number of allylic oxidation sites excluding steroid dienone is 5. The number of ether oxygens (including phenoxy) is 1. The molecule has 6 nitrogen and oxygen atoms in total. The molecule has 0 radical (unpaired) electrons. The average molecular weight is 649 g/mol. The monoisotopic (exact) mass is 648 g/mol. The van der Waals surface area contributed by atoms with Gasteiger partial charge in [-0.05, 0) is 31.6 Å². The van der Waals surface area contributed by atoms with Crippen molar-refractivity contribution in [3.05, 3.63) is 70.0 Å². The fourth-order valence-corrected chi connectivity index (χ4v) is 4.34. The van der Waals surface area contributed by atoms with Gasteiger partial charge in [-0.15, -0.1) is 0 Å². The lowest BCUT2D eigenvalue weighted by Crippen LogP contribution is -2.40. The highest BCUT2D eigenvalue weighted by Gasteiger charge is 2.40. The van der Waals surface area contributed by atoms with Crippen LogP contribution in [0.25, 0.3) is 17.3 Å². The van der Waals surface area contributed by atoms with Crippen molar-refractivity contribution in [1.29, 1.82) is 0 Å². The summed E-state index contributed by atoms with van der Waals surface area (Å²) in [5.41, 5.74) is -2.17. The van der Waals surface area contributed by atoms with Gasteiger partial charge in [0.1, 0.15) is 28.9 Å². The van der Waals surface area contributed by atoms with Crippen LogP contribution in [0.15, 0.2) is 57.4 Å². The Kier molecular flexibility index (Phi) is 17.0. The Labute approximate surface area is 260 Å². The van der Waals surface area contributed by atoms with Gasteiger partial charge in [0.25, 0.3) is 0 Å². The van der Waals surface area contributed by atoms with Gasteiger partial charge in [-0.3, -0.25) is 0 Å². The molecule has 1 aromatic carbocycles. The van der Waals surface area contributed by atoms with E-state index in [-0.39, 0.29) is 32.5 Å². The minimum absolute atomic E-state index is 0.0385. The molecule has 0 bridgehead atoms. The molecule has 1 aliphatic rings. The van der Waals surface area contributed by atoms with E-state index in [1.807, 2.05) is 34.6 Å². The molecule has 2 heterocycles. The van der Waals surface area contributed by atoms with Gasteiger partial charge in [0.05, 0.1) is 35.1 Å². The first-order valence-electron chi connectivity index (χ1n) is 13.9. The standard InChI is InChI=1S/C26H26ClF5N4O2S.2C2H6/c1-3-5-6-8-17(16-28)36(33-4-2)21(26(30,31)32)15-20-23(25(39)35-11-13-37-14-12-35)24(34-38-20)22-18(27)9-7-10-19(22)29;2*1-2/h4-10,15H,3,11-14,16H2,1-2H3;2*1-2H3/b6-5-,17-8+,21-15+,33-4-;;.